The molecule has 4 atom stereocenters. The first-order valence-corrected chi connectivity index (χ1v) is 10.4. The van der Waals surface area contributed by atoms with E-state index >= 15 is 0 Å². The van der Waals surface area contributed by atoms with E-state index in [0.717, 1.165) is 0 Å². The Morgan fingerprint density at radius 3 is 1.94 bits per heavy atom. The molecule has 11 N–H and O–H groups in total. The van der Waals surface area contributed by atoms with Crippen LogP contribution in [0.2, 0.25) is 0 Å². The summed E-state index contributed by atoms with van der Waals surface area (Å²) in [7, 11) is 0. The molecule has 0 aliphatic rings. The summed E-state index contributed by atoms with van der Waals surface area (Å²) < 4.78 is 0. The lowest BCUT2D eigenvalue weighted by Gasteiger charge is -2.27. The van der Waals surface area contributed by atoms with Crippen molar-refractivity contribution in [3.05, 3.63) is 0 Å². The van der Waals surface area contributed by atoms with Crippen LogP contribution in [0.4, 0.5) is 0 Å². The van der Waals surface area contributed by atoms with Crippen molar-refractivity contribution in [3.63, 3.8) is 0 Å². The third-order valence-corrected chi connectivity index (χ3v) is 4.66. The van der Waals surface area contributed by atoms with Crippen LogP contribution in [0.3, 0.4) is 0 Å². The Morgan fingerprint density at radius 1 is 0.875 bits per heavy atom. The third-order valence-electron chi connectivity index (χ3n) is 4.66. The summed E-state index contributed by atoms with van der Waals surface area (Å²) >= 11 is 0. The van der Waals surface area contributed by atoms with Crippen molar-refractivity contribution in [2.24, 2.45) is 23.1 Å². The van der Waals surface area contributed by atoms with Gasteiger partial charge in [0.1, 0.15) is 18.1 Å². The van der Waals surface area contributed by atoms with Gasteiger partial charge < -0.3 is 43.4 Å². The average molecular weight is 461 g/mol. The minimum Gasteiger partial charge on any atom is -0.480 e. The van der Waals surface area contributed by atoms with Crippen LogP contribution in [-0.4, -0.2) is 77.1 Å². The molecule has 184 valence electrons. The van der Waals surface area contributed by atoms with Gasteiger partial charge in [-0.1, -0.05) is 13.8 Å². The van der Waals surface area contributed by atoms with Crippen molar-refractivity contribution in [3.8, 4) is 0 Å². The molecule has 0 heterocycles. The number of nitrogens with two attached hydrogens (primary N) is 3. The number of hydrogen-bond acceptors (Lipinski definition) is 8. The first-order valence-electron chi connectivity index (χ1n) is 10.4. The van der Waals surface area contributed by atoms with Gasteiger partial charge >= 0.3 is 5.97 Å². The number of carboxylic acids is 1. The zero-order chi connectivity index (χ0) is 24.8. The Morgan fingerprint density at radius 2 is 1.47 bits per heavy atom. The predicted octanol–water partition coefficient (Wildman–Crippen LogP) is -3.10. The number of rotatable bonds is 16. The molecular weight excluding hydrogens is 424 g/mol. The lowest BCUT2D eigenvalue weighted by atomic mass is 10.0. The summed E-state index contributed by atoms with van der Waals surface area (Å²) in [5.74, 6) is -4.58. The van der Waals surface area contributed by atoms with Crippen molar-refractivity contribution in [2.75, 3.05) is 13.2 Å². The van der Waals surface area contributed by atoms with Crippen LogP contribution in [0.5, 0.6) is 0 Å². The van der Waals surface area contributed by atoms with Crippen molar-refractivity contribution in [2.45, 2.75) is 70.1 Å². The molecule has 13 heteroatoms. The number of primary amides is 1. The van der Waals surface area contributed by atoms with E-state index in [2.05, 4.69) is 16.0 Å². The summed E-state index contributed by atoms with van der Waals surface area (Å²) in [5, 5.41) is 25.3. The van der Waals surface area contributed by atoms with Crippen molar-refractivity contribution in [1.29, 1.82) is 0 Å². The van der Waals surface area contributed by atoms with E-state index in [4.69, 9.17) is 27.4 Å². The number of unbranched alkanes of at least 4 members (excludes halogenated alkanes) is 1. The fourth-order valence-corrected chi connectivity index (χ4v) is 2.71. The summed E-state index contributed by atoms with van der Waals surface area (Å²) in [4.78, 5) is 59.6. The van der Waals surface area contributed by atoms with Crippen molar-refractivity contribution < 1.29 is 34.2 Å². The smallest absolute Gasteiger partial charge is 0.328 e. The molecule has 0 fully saturated rings. The highest BCUT2D eigenvalue weighted by atomic mass is 16.4. The molecule has 0 saturated carbocycles. The van der Waals surface area contributed by atoms with E-state index in [-0.39, 0.29) is 19.3 Å². The molecule has 0 radical (unpaired) electrons. The summed E-state index contributed by atoms with van der Waals surface area (Å²) in [6, 6.07) is -4.73. The number of nitrogens with one attached hydrogen (secondary N) is 3. The van der Waals surface area contributed by atoms with E-state index in [1.165, 1.54) is 0 Å². The molecule has 13 nitrogen and oxygen atoms in total. The minimum atomic E-state index is -1.52. The Kier molecular flexibility index (Phi) is 13.8. The Labute approximate surface area is 186 Å². The predicted molar refractivity (Wildman–Crippen MR) is 115 cm³/mol. The van der Waals surface area contributed by atoms with Crippen LogP contribution in [0.15, 0.2) is 0 Å². The monoisotopic (exact) mass is 460 g/mol. The summed E-state index contributed by atoms with van der Waals surface area (Å²) in [6.07, 6.45) is 1.24. The maximum Gasteiger partial charge on any atom is 0.328 e. The molecule has 0 saturated heterocycles. The Bertz CT molecular complexity index is 658. The molecule has 4 unspecified atom stereocenters. The number of aliphatic hydroxyl groups excluding tert-OH is 1. The van der Waals surface area contributed by atoms with Gasteiger partial charge in [-0.3, -0.25) is 19.2 Å². The fraction of sp³-hybridized carbons (Fsp3) is 0.737. The number of carbonyl (C=O) groups is 5. The molecule has 0 aromatic carbocycles. The molecule has 0 aromatic heterocycles. The molecule has 0 spiro atoms. The van der Waals surface area contributed by atoms with E-state index < -0.39 is 66.3 Å². The Balaban J connectivity index is 5.32. The molecule has 0 bridgehead atoms. The summed E-state index contributed by atoms with van der Waals surface area (Å²) in [6.45, 7) is 2.85. The van der Waals surface area contributed by atoms with Crippen molar-refractivity contribution >= 4 is 29.6 Å². The molecule has 32 heavy (non-hydrogen) atoms. The molecule has 0 rings (SSSR count). The number of aliphatic hydroxyl groups is 1. The van der Waals surface area contributed by atoms with Crippen LogP contribution in [0.1, 0.15) is 46.0 Å². The van der Waals surface area contributed by atoms with Gasteiger partial charge in [-0.2, -0.15) is 0 Å². The van der Waals surface area contributed by atoms with Gasteiger partial charge in [0.2, 0.25) is 23.6 Å². The van der Waals surface area contributed by atoms with Crippen LogP contribution < -0.4 is 33.2 Å². The van der Waals surface area contributed by atoms with Gasteiger partial charge in [0.15, 0.2) is 0 Å². The largest absolute Gasteiger partial charge is 0.480 e. The normalized spacial score (nSPS) is 14.7. The highest BCUT2D eigenvalue weighted by molar-refractivity contribution is 5.94. The van der Waals surface area contributed by atoms with Crippen LogP contribution >= 0.6 is 0 Å². The lowest BCUT2D eigenvalue weighted by molar-refractivity contribution is -0.143. The highest BCUT2D eigenvalue weighted by Gasteiger charge is 2.31. The number of aliphatic carboxylic acids is 1. The molecule has 4 amide bonds. The molecule has 0 aromatic rings. The SMILES string of the molecule is CC(C)C(NC(=O)C(CCCCN)NC(=O)C(N)CCC(N)=O)C(=O)NC(CO)C(=O)O. The van der Waals surface area contributed by atoms with Gasteiger partial charge in [0.05, 0.1) is 12.6 Å². The quantitative estimate of drug-likeness (QED) is 0.109. The van der Waals surface area contributed by atoms with E-state index in [0.29, 0.717) is 19.4 Å². The van der Waals surface area contributed by atoms with Gasteiger partial charge in [-0.15, -0.1) is 0 Å². The number of carbonyl (C=O) groups excluding carboxylic acids is 4. The van der Waals surface area contributed by atoms with Crippen molar-refractivity contribution in [1.82, 2.24) is 16.0 Å². The molecule has 0 aliphatic carbocycles. The van der Waals surface area contributed by atoms with E-state index in [1.807, 2.05) is 0 Å². The zero-order valence-corrected chi connectivity index (χ0v) is 18.5. The second kappa shape index (κ2) is 15.1. The zero-order valence-electron chi connectivity index (χ0n) is 18.5. The molecule has 0 aliphatic heterocycles. The first kappa shape index (κ1) is 29.2. The number of carboxylic acid groups (broad SMARTS) is 1. The summed E-state index contributed by atoms with van der Waals surface area (Å²) in [5.41, 5.74) is 16.3. The van der Waals surface area contributed by atoms with Gasteiger partial charge in [0.25, 0.3) is 0 Å². The first-order chi connectivity index (χ1) is 14.9. The maximum atomic E-state index is 12.9. The standard InChI is InChI=1S/C19H36N6O7/c1-10(2)15(18(30)24-13(9-26)19(31)32)25-17(29)12(5-3-4-8-20)23-16(28)11(21)6-7-14(22)27/h10-13,15,26H,3-9,20-21H2,1-2H3,(H2,22,27)(H,23,28)(H,24,30)(H,25,29)(H,31,32). The van der Waals surface area contributed by atoms with Crippen LogP contribution in [0, 0.1) is 5.92 Å². The lowest BCUT2D eigenvalue weighted by Crippen LogP contribution is -2.58. The van der Waals surface area contributed by atoms with Crippen LogP contribution in [0.25, 0.3) is 0 Å². The number of amides is 4. The van der Waals surface area contributed by atoms with E-state index in [9.17, 15) is 24.0 Å². The highest BCUT2D eigenvalue weighted by Crippen LogP contribution is 2.07. The van der Waals surface area contributed by atoms with E-state index in [1.54, 1.807) is 13.8 Å². The second-order valence-electron chi connectivity index (χ2n) is 7.77. The van der Waals surface area contributed by atoms with Gasteiger partial charge in [0, 0.05) is 6.42 Å². The minimum absolute atomic E-state index is 0.00701. The third kappa shape index (κ3) is 11.0. The molecular formula is C19H36N6O7. The fourth-order valence-electron chi connectivity index (χ4n) is 2.71. The number of hydrogen-bond donors (Lipinski definition) is 8. The maximum absolute atomic E-state index is 12.9. The Hall–Kier alpha value is -2.77. The van der Waals surface area contributed by atoms with Gasteiger partial charge in [-0.25, -0.2) is 4.79 Å². The average Bonchev–Trinajstić information content (AvgIpc) is 2.72. The second-order valence-corrected chi connectivity index (χ2v) is 7.77. The van der Waals surface area contributed by atoms with Crippen LogP contribution in [-0.2, 0) is 24.0 Å². The van der Waals surface area contributed by atoms with Gasteiger partial charge in [-0.05, 0) is 38.1 Å². The topological polar surface area (TPSA) is 240 Å².